The lowest BCUT2D eigenvalue weighted by Gasteiger charge is -2.29. The Bertz CT molecular complexity index is 749. The zero-order valence-electron chi connectivity index (χ0n) is 15.1. The van der Waals surface area contributed by atoms with E-state index in [1.807, 2.05) is 12.1 Å². The molecule has 0 aliphatic carbocycles. The van der Waals surface area contributed by atoms with Crippen LogP contribution in [0.2, 0.25) is 0 Å². The van der Waals surface area contributed by atoms with Crippen LogP contribution in [0.3, 0.4) is 0 Å². The van der Waals surface area contributed by atoms with Gasteiger partial charge in [0.1, 0.15) is 37.8 Å². The minimum atomic E-state index is -0.314. The number of piperazine rings is 1. The molecule has 1 amide bonds. The summed E-state index contributed by atoms with van der Waals surface area (Å²) in [5.74, 6) is 0.372. The Labute approximate surface area is 162 Å². The number of carbonyl (C=O) groups is 1. The van der Waals surface area contributed by atoms with Gasteiger partial charge in [-0.2, -0.15) is 0 Å². The fourth-order valence-electron chi connectivity index (χ4n) is 3.22. The molecule has 1 aliphatic rings. The van der Waals surface area contributed by atoms with Gasteiger partial charge >= 0.3 is 0 Å². The van der Waals surface area contributed by atoms with Crippen molar-refractivity contribution in [1.82, 2.24) is 0 Å². The van der Waals surface area contributed by atoms with Gasteiger partial charge in [-0.15, -0.1) is 11.8 Å². The van der Waals surface area contributed by atoms with Gasteiger partial charge in [-0.25, -0.2) is 8.78 Å². The molecule has 4 nitrogen and oxygen atoms in total. The van der Waals surface area contributed by atoms with Crippen LogP contribution in [0.15, 0.2) is 53.4 Å². The van der Waals surface area contributed by atoms with Crippen molar-refractivity contribution >= 4 is 23.4 Å². The maximum Gasteiger partial charge on any atom is 0.279 e. The van der Waals surface area contributed by atoms with Crippen LogP contribution in [0.4, 0.5) is 14.5 Å². The maximum absolute atomic E-state index is 13.6. The number of carbonyl (C=O) groups excluding carboxylic acids is 1. The second-order valence-corrected chi connectivity index (χ2v) is 7.90. The Kier molecular flexibility index (Phi) is 7.20. The Balaban J connectivity index is 1.34. The van der Waals surface area contributed by atoms with Gasteiger partial charge in [0.05, 0.1) is 6.54 Å². The first-order valence-electron chi connectivity index (χ1n) is 9.20. The highest BCUT2D eigenvalue weighted by Crippen LogP contribution is 2.20. The highest BCUT2D eigenvalue weighted by Gasteiger charge is 2.24. The van der Waals surface area contributed by atoms with Crippen molar-refractivity contribution in [1.29, 1.82) is 0 Å². The number of halogens is 2. The SMILES string of the molecule is O=C(C[NH+]1CC[NH+](CCSc2ccccc2F)CC1)Nc1ccc(F)cc1. The molecule has 0 spiro atoms. The topological polar surface area (TPSA) is 38.0 Å². The van der Waals surface area contributed by atoms with Crippen LogP contribution in [0.1, 0.15) is 0 Å². The zero-order valence-corrected chi connectivity index (χ0v) is 16.0. The first-order valence-corrected chi connectivity index (χ1v) is 10.2. The monoisotopic (exact) mass is 393 g/mol. The summed E-state index contributed by atoms with van der Waals surface area (Å²) in [5.41, 5.74) is 0.621. The van der Waals surface area contributed by atoms with E-state index in [2.05, 4.69) is 5.32 Å². The van der Waals surface area contributed by atoms with Crippen LogP contribution in [-0.4, -0.2) is 50.9 Å². The second kappa shape index (κ2) is 9.82. The van der Waals surface area contributed by atoms with Crippen molar-refractivity contribution in [3.8, 4) is 0 Å². The highest BCUT2D eigenvalue weighted by molar-refractivity contribution is 7.99. The highest BCUT2D eigenvalue weighted by atomic mass is 32.2. The minimum Gasteiger partial charge on any atom is -0.325 e. The van der Waals surface area contributed by atoms with Crippen LogP contribution < -0.4 is 15.1 Å². The molecule has 3 N–H and O–H groups in total. The average molecular weight is 394 g/mol. The van der Waals surface area contributed by atoms with E-state index in [9.17, 15) is 13.6 Å². The normalized spacial score (nSPS) is 19.6. The number of nitrogens with one attached hydrogen (secondary N) is 3. The van der Waals surface area contributed by atoms with Crippen molar-refractivity contribution in [2.45, 2.75) is 4.90 Å². The van der Waals surface area contributed by atoms with E-state index >= 15 is 0 Å². The molecule has 0 aromatic heterocycles. The van der Waals surface area contributed by atoms with E-state index in [-0.39, 0.29) is 17.5 Å². The molecule has 0 atom stereocenters. The van der Waals surface area contributed by atoms with Gasteiger partial charge in [0.15, 0.2) is 6.54 Å². The third-order valence-electron chi connectivity index (χ3n) is 4.75. The Morgan fingerprint density at radius 1 is 0.963 bits per heavy atom. The molecule has 0 saturated carbocycles. The number of benzene rings is 2. The van der Waals surface area contributed by atoms with Crippen LogP contribution in [0.5, 0.6) is 0 Å². The van der Waals surface area contributed by atoms with Gasteiger partial charge in [0.2, 0.25) is 0 Å². The fraction of sp³-hybridized carbons (Fsp3) is 0.350. The van der Waals surface area contributed by atoms with Gasteiger partial charge in [-0.1, -0.05) is 12.1 Å². The minimum absolute atomic E-state index is 0.0461. The lowest BCUT2D eigenvalue weighted by molar-refractivity contribution is -1.01. The standard InChI is InChI=1S/C20H23F2N3OS/c21-16-5-7-17(8-6-16)23-20(26)15-25-11-9-24(10-12-25)13-14-27-19-4-2-1-3-18(19)22/h1-8H,9-15H2,(H,23,26)/p+2. The van der Waals surface area contributed by atoms with Crippen molar-refractivity contribution in [2.75, 3.05) is 50.3 Å². The number of hydrogen-bond donors (Lipinski definition) is 3. The second-order valence-electron chi connectivity index (χ2n) is 6.76. The van der Waals surface area contributed by atoms with E-state index < -0.39 is 0 Å². The lowest BCUT2D eigenvalue weighted by Crippen LogP contribution is -3.28. The third kappa shape index (κ3) is 6.30. The van der Waals surface area contributed by atoms with Crippen LogP contribution in [0.25, 0.3) is 0 Å². The molecular formula is C20H25F2N3OS+2. The Morgan fingerprint density at radius 3 is 2.33 bits per heavy atom. The largest absolute Gasteiger partial charge is 0.325 e. The summed E-state index contributed by atoms with van der Waals surface area (Å²) in [4.78, 5) is 15.6. The molecule has 1 aliphatic heterocycles. The van der Waals surface area contributed by atoms with E-state index in [0.29, 0.717) is 17.1 Å². The molecule has 144 valence electrons. The number of amides is 1. The number of quaternary nitrogens is 2. The predicted octanol–water partition coefficient (Wildman–Crippen LogP) is 0.479. The van der Waals surface area contributed by atoms with E-state index in [4.69, 9.17) is 0 Å². The van der Waals surface area contributed by atoms with Gasteiger partial charge in [0, 0.05) is 16.3 Å². The molecule has 7 heteroatoms. The van der Waals surface area contributed by atoms with Gasteiger partial charge in [-0.3, -0.25) is 4.79 Å². The first-order chi connectivity index (χ1) is 13.1. The fourth-order valence-corrected chi connectivity index (χ4v) is 4.21. The van der Waals surface area contributed by atoms with E-state index in [1.165, 1.54) is 28.0 Å². The predicted molar refractivity (Wildman–Crippen MR) is 103 cm³/mol. The van der Waals surface area contributed by atoms with E-state index in [0.717, 1.165) is 38.5 Å². The quantitative estimate of drug-likeness (QED) is 0.599. The molecule has 27 heavy (non-hydrogen) atoms. The third-order valence-corrected chi connectivity index (χ3v) is 5.80. The molecular weight excluding hydrogens is 368 g/mol. The van der Waals surface area contributed by atoms with Crippen LogP contribution in [0, 0.1) is 11.6 Å². The summed E-state index contributed by atoms with van der Waals surface area (Å²) >= 11 is 1.56. The van der Waals surface area contributed by atoms with Crippen LogP contribution >= 0.6 is 11.8 Å². The molecule has 0 unspecified atom stereocenters. The smallest absolute Gasteiger partial charge is 0.279 e. The van der Waals surface area contributed by atoms with Gasteiger partial charge < -0.3 is 15.1 Å². The summed E-state index contributed by atoms with van der Waals surface area (Å²) in [6.45, 7) is 5.32. The molecule has 3 rings (SSSR count). The Morgan fingerprint density at radius 2 is 1.63 bits per heavy atom. The summed E-state index contributed by atoms with van der Waals surface area (Å²) in [7, 11) is 0. The van der Waals surface area contributed by atoms with Gasteiger partial charge in [-0.05, 0) is 36.4 Å². The van der Waals surface area contributed by atoms with Crippen molar-refractivity contribution in [3.63, 3.8) is 0 Å². The Hall–Kier alpha value is -1.96. The molecule has 2 aromatic rings. The number of rotatable bonds is 7. The van der Waals surface area contributed by atoms with Crippen molar-refractivity contribution < 1.29 is 23.4 Å². The number of thioether (sulfide) groups is 1. The maximum atomic E-state index is 13.6. The number of anilines is 1. The van der Waals surface area contributed by atoms with Crippen LogP contribution in [-0.2, 0) is 4.79 Å². The summed E-state index contributed by atoms with van der Waals surface area (Å²) in [6.07, 6.45) is 0. The molecule has 0 bridgehead atoms. The molecule has 1 fully saturated rings. The zero-order chi connectivity index (χ0) is 19.1. The average Bonchev–Trinajstić information content (AvgIpc) is 2.66. The molecule has 0 radical (unpaired) electrons. The van der Waals surface area contributed by atoms with Gasteiger partial charge in [0.25, 0.3) is 5.91 Å². The molecule has 1 heterocycles. The number of hydrogen-bond acceptors (Lipinski definition) is 2. The summed E-state index contributed by atoms with van der Waals surface area (Å²) in [5, 5.41) is 2.81. The van der Waals surface area contributed by atoms with E-state index in [1.54, 1.807) is 30.0 Å². The summed E-state index contributed by atoms with van der Waals surface area (Å²) < 4.78 is 26.5. The lowest BCUT2D eigenvalue weighted by atomic mass is 10.3. The first kappa shape index (κ1) is 19.8. The molecule has 2 aromatic carbocycles. The molecule has 1 saturated heterocycles. The van der Waals surface area contributed by atoms with Crippen molar-refractivity contribution in [3.05, 3.63) is 60.2 Å². The van der Waals surface area contributed by atoms with Crippen molar-refractivity contribution in [2.24, 2.45) is 0 Å². The summed E-state index contributed by atoms with van der Waals surface area (Å²) in [6, 6.07) is 12.7.